The Hall–Kier alpha value is -1.55. The lowest BCUT2D eigenvalue weighted by Crippen LogP contribution is -2.22. The molecule has 0 radical (unpaired) electrons. The standard InChI is InChI=1S/C5H11NO.C2H3N3O/c1-4-6(3)5(2)7;1-2(6)4-5-3/h4H2,1-3H3;1H3. The van der Waals surface area contributed by atoms with Gasteiger partial charge in [0.05, 0.1) is 0 Å². The lowest BCUT2D eigenvalue weighted by molar-refractivity contribution is -0.127. The van der Waals surface area contributed by atoms with Gasteiger partial charge in [0.2, 0.25) is 11.8 Å². The molecule has 0 saturated heterocycles. The molecule has 0 aromatic carbocycles. The van der Waals surface area contributed by atoms with Crippen LogP contribution in [0.1, 0.15) is 20.8 Å². The van der Waals surface area contributed by atoms with Gasteiger partial charge in [0.1, 0.15) is 0 Å². The molecule has 13 heavy (non-hydrogen) atoms. The normalized spacial score (nSPS) is 7.38. The van der Waals surface area contributed by atoms with Crippen LogP contribution in [-0.2, 0) is 9.59 Å². The van der Waals surface area contributed by atoms with E-state index in [4.69, 9.17) is 5.53 Å². The number of amides is 2. The Labute approximate surface area is 77.2 Å². The summed E-state index contributed by atoms with van der Waals surface area (Å²) >= 11 is 0. The maximum atomic E-state index is 10.3. The van der Waals surface area contributed by atoms with Crippen molar-refractivity contribution in [2.75, 3.05) is 13.6 Å². The van der Waals surface area contributed by atoms with Gasteiger partial charge in [-0.1, -0.05) is 0 Å². The highest BCUT2D eigenvalue weighted by atomic mass is 16.2. The second-order valence-electron chi connectivity index (χ2n) is 2.24. The number of carbonyl (C=O) groups is 2. The van der Waals surface area contributed by atoms with Crippen molar-refractivity contribution in [1.82, 2.24) is 4.90 Å². The topological polar surface area (TPSA) is 86.1 Å². The van der Waals surface area contributed by atoms with Crippen molar-refractivity contribution in [2.24, 2.45) is 5.11 Å². The van der Waals surface area contributed by atoms with Crippen molar-refractivity contribution in [2.45, 2.75) is 20.8 Å². The molecule has 0 unspecified atom stereocenters. The first-order valence-electron chi connectivity index (χ1n) is 3.73. The van der Waals surface area contributed by atoms with E-state index in [2.05, 4.69) is 10.0 Å². The van der Waals surface area contributed by atoms with Crippen molar-refractivity contribution in [3.63, 3.8) is 0 Å². The van der Waals surface area contributed by atoms with E-state index < -0.39 is 5.91 Å². The van der Waals surface area contributed by atoms with Gasteiger partial charge in [-0.05, 0) is 17.6 Å². The van der Waals surface area contributed by atoms with E-state index in [1.54, 1.807) is 18.9 Å². The van der Waals surface area contributed by atoms with Gasteiger partial charge in [0, 0.05) is 32.4 Å². The van der Waals surface area contributed by atoms with E-state index in [0.29, 0.717) is 0 Å². The van der Waals surface area contributed by atoms with Gasteiger partial charge in [-0.25, -0.2) is 0 Å². The highest BCUT2D eigenvalue weighted by molar-refractivity contribution is 5.73. The number of hydrogen-bond acceptors (Lipinski definition) is 2. The molecule has 0 saturated carbocycles. The Bertz CT molecular complexity index is 221. The van der Waals surface area contributed by atoms with Gasteiger partial charge in [0.25, 0.3) is 0 Å². The molecule has 0 aliphatic heterocycles. The summed E-state index contributed by atoms with van der Waals surface area (Å²) in [5, 5.41) is 2.67. The number of carbonyl (C=O) groups excluding carboxylic acids is 2. The lowest BCUT2D eigenvalue weighted by atomic mass is 10.6. The van der Waals surface area contributed by atoms with E-state index in [-0.39, 0.29) is 5.91 Å². The summed E-state index contributed by atoms with van der Waals surface area (Å²) in [5.41, 5.74) is 7.47. The van der Waals surface area contributed by atoms with Crippen LogP contribution in [0, 0.1) is 0 Å². The van der Waals surface area contributed by atoms with Crippen molar-refractivity contribution in [1.29, 1.82) is 0 Å². The van der Waals surface area contributed by atoms with Crippen LogP contribution in [0.4, 0.5) is 0 Å². The summed E-state index contributed by atoms with van der Waals surface area (Å²) in [5.74, 6) is -0.375. The molecule has 0 rings (SSSR count). The Kier molecular flexibility index (Phi) is 9.20. The third-order valence-corrected chi connectivity index (χ3v) is 1.20. The van der Waals surface area contributed by atoms with Crippen molar-refractivity contribution >= 4 is 11.8 Å². The summed E-state index contributed by atoms with van der Waals surface area (Å²) < 4.78 is 0. The first-order valence-corrected chi connectivity index (χ1v) is 3.73. The largest absolute Gasteiger partial charge is 0.346 e. The minimum atomic E-state index is -0.502. The number of nitrogens with zero attached hydrogens (tertiary/aromatic N) is 4. The Balaban J connectivity index is 0. The molecule has 2 amide bonds. The Morgan fingerprint density at radius 3 is 1.92 bits per heavy atom. The van der Waals surface area contributed by atoms with Gasteiger partial charge < -0.3 is 4.90 Å². The van der Waals surface area contributed by atoms with Crippen molar-refractivity contribution in [3.8, 4) is 0 Å². The van der Waals surface area contributed by atoms with Gasteiger partial charge in [-0.3, -0.25) is 9.59 Å². The van der Waals surface area contributed by atoms with Crippen molar-refractivity contribution < 1.29 is 9.59 Å². The van der Waals surface area contributed by atoms with Gasteiger partial charge >= 0.3 is 0 Å². The molecule has 0 bridgehead atoms. The molecule has 0 heterocycles. The second-order valence-corrected chi connectivity index (χ2v) is 2.24. The summed E-state index contributed by atoms with van der Waals surface area (Å²) in [6.07, 6.45) is 0. The predicted molar refractivity (Wildman–Crippen MR) is 48.8 cm³/mol. The van der Waals surface area contributed by atoms with Crippen LogP contribution in [0.25, 0.3) is 10.4 Å². The average molecular weight is 186 g/mol. The third-order valence-electron chi connectivity index (χ3n) is 1.20. The molecule has 0 atom stereocenters. The zero-order chi connectivity index (χ0) is 10.9. The first-order chi connectivity index (χ1) is 5.95. The highest BCUT2D eigenvalue weighted by Crippen LogP contribution is 1.78. The zero-order valence-electron chi connectivity index (χ0n) is 8.31. The van der Waals surface area contributed by atoms with Gasteiger partial charge in [-0.2, -0.15) is 0 Å². The number of hydrogen-bond donors (Lipinski definition) is 0. The van der Waals surface area contributed by atoms with E-state index in [1.807, 2.05) is 6.92 Å². The molecule has 0 aromatic heterocycles. The lowest BCUT2D eigenvalue weighted by Gasteiger charge is -2.09. The third kappa shape index (κ3) is 13.4. The highest BCUT2D eigenvalue weighted by Gasteiger charge is 1.93. The molecule has 0 aliphatic carbocycles. The fraction of sp³-hybridized carbons (Fsp3) is 0.714. The average Bonchev–Trinajstić information content (AvgIpc) is 2.03. The molecule has 74 valence electrons. The van der Waals surface area contributed by atoms with Crippen LogP contribution in [0.15, 0.2) is 5.11 Å². The van der Waals surface area contributed by atoms with Crippen LogP contribution < -0.4 is 0 Å². The Morgan fingerprint density at radius 1 is 1.46 bits per heavy atom. The molecule has 0 fully saturated rings. The fourth-order valence-electron chi connectivity index (χ4n) is 0.286. The molecule has 6 nitrogen and oxygen atoms in total. The van der Waals surface area contributed by atoms with Crippen molar-refractivity contribution in [3.05, 3.63) is 10.4 Å². The maximum Gasteiger partial charge on any atom is 0.219 e. The predicted octanol–water partition coefficient (Wildman–Crippen LogP) is 1.33. The Morgan fingerprint density at radius 2 is 1.92 bits per heavy atom. The van der Waals surface area contributed by atoms with E-state index in [9.17, 15) is 9.59 Å². The van der Waals surface area contributed by atoms with Crippen LogP contribution in [-0.4, -0.2) is 30.3 Å². The molecule has 0 spiro atoms. The molecule has 0 aliphatic rings. The van der Waals surface area contributed by atoms with Gasteiger partial charge in [0.15, 0.2) is 0 Å². The minimum absolute atomic E-state index is 0.127. The minimum Gasteiger partial charge on any atom is -0.346 e. The fourth-order valence-corrected chi connectivity index (χ4v) is 0.286. The molecule has 0 N–H and O–H groups in total. The number of azide groups is 1. The molecule has 0 aromatic rings. The zero-order valence-corrected chi connectivity index (χ0v) is 8.31. The summed E-state index contributed by atoms with van der Waals surface area (Å²) in [6.45, 7) is 5.50. The molecular formula is C7H14N4O2. The quantitative estimate of drug-likeness (QED) is 0.351. The first kappa shape index (κ1) is 14.0. The smallest absolute Gasteiger partial charge is 0.219 e. The monoisotopic (exact) mass is 186 g/mol. The van der Waals surface area contributed by atoms with E-state index >= 15 is 0 Å². The number of rotatable bonds is 1. The maximum absolute atomic E-state index is 10.3. The SMILES string of the molecule is CC(=O)N=[N+]=[N-].CCN(C)C(C)=O. The molecular weight excluding hydrogens is 172 g/mol. The van der Waals surface area contributed by atoms with Gasteiger partial charge in [-0.15, -0.1) is 0 Å². The van der Waals surface area contributed by atoms with Crippen LogP contribution >= 0.6 is 0 Å². The second kappa shape index (κ2) is 8.55. The summed E-state index contributed by atoms with van der Waals surface area (Å²) in [7, 11) is 1.78. The van der Waals surface area contributed by atoms with E-state index in [0.717, 1.165) is 6.54 Å². The van der Waals surface area contributed by atoms with Crippen LogP contribution in [0.2, 0.25) is 0 Å². The van der Waals surface area contributed by atoms with Crippen LogP contribution in [0.5, 0.6) is 0 Å². The summed E-state index contributed by atoms with van der Waals surface area (Å²) in [4.78, 5) is 23.8. The van der Waals surface area contributed by atoms with Crippen LogP contribution in [0.3, 0.4) is 0 Å². The summed E-state index contributed by atoms with van der Waals surface area (Å²) in [6, 6.07) is 0. The van der Waals surface area contributed by atoms with E-state index in [1.165, 1.54) is 6.92 Å². The molecule has 6 heteroatoms.